The molecule has 1 aliphatic heterocycles. The molecule has 1 fully saturated rings. The Morgan fingerprint density at radius 3 is 2.47 bits per heavy atom. The van der Waals surface area contributed by atoms with Crippen molar-refractivity contribution in [3.05, 3.63) is 68.2 Å². The molecule has 1 saturated heterocycles. The quantitative estimate of drug-likeness (QED) is 0.391. The second-order valence-corrected chi connectivity index (χ2v) is 10.7. The molecule has 0 bridgehead atoms. The molecule has 0 N–H and O–H groups in total. The Hall–Kier alpha value is -2.68. The fourth-order valence-corrected chi connectivity index (χ4v) is 6.12. The molecule has 34 heavy (non-hydrogen) atoms. The van der Waals surface area contributed by atoms with Crippen molar-refractivity contribution in [2.75, 3.05) is 13.2 Å². The molecule has 1 spiro atoms. The molecule has 0 unspecified atom stereocenters. The van der Waals surface area contributed by atoms with Gasteiger partial charge in [0.05, 0.1) is 16.1 Å². The Balaban J connectivity index is 1.70. The Morgan fingerprint density at radius 1 is 1.12 bits per heavy atom. The van der Waals surface area contributed by atoms with E-state index < -0.39 is 26.8 Å². The Bertz CT molecular complexity index is 1430. The zero-order valence-corrected chi connectivity index (χ0v) is 19.7. The van der Waals surface area contributed by atoms with Gasteiger partial charge in [0.15, 0.2) is 11.5 Å². The van der Waals surface area contributed by atoms with E-state index >= 15 is 0 Å². The number of ether oxygens (including phenoxy) is 1. The molecule has 0 atom stereocenters. The maximum atomic E-state index is 13.6. The predicted octanol–water partition coefficient (Wildman–Crippen LogP) is 4.80. The number of nitrogens with zero attached hydrogens (tertiary/aromatic N) is 1. The van der Waals surface area contributed by atoms with Crippen LogP contribution in [0.3, 0.4) is 0 Å². The summed E-state index contributed by atoms with van der Waals surface area (Å²) < 4.78 is 72.1. The summed E-state index contributed by atoms with van der Waals surface area (Å²) >= 11 is 3.07. The van der Waals surface area contributed by atoms with Crippen molar-refractivity contribution in [1.82, 2.24) is 0 Å². The van der Waals surface area contributed by atoms with Gasteiger partial charge in [-0.15, -0.1) is 0 Å². The number of hydrogen-bond acceptors (Lipinski definition) is 6. The monoisotopic (exact) mass is 553 g/mol. The van der Waals surface area contributed by atoms with Crippen LogP contribution in [0.15, 0.2) is 40.4 Å². The molecule has 1 heterocycles. The van der Waals surface area contributed by atoms with Crippen LogP contribution in [0, 0.1) is 11.3 Å². The number of carbonyl (C=O) groups excluding carboxylic acids is 1. The molecule has 2 aliphatic carbocycles. The lowest BCUT2D eigenvalue weighted by atomic mass is 9.62. The van der Waals surface area contributed by atoms with Gasteiger partial charge in [0.2, 0.25) is 0 Å². The van der Waals surface area contributed by atoms with Crippen molar-refractivity contribution in [2.24, 2.45) is 0 Å². The maximum Gasteiger partial charge on any atom is 0.534 e. The van der Waals surface area contributed by atoms with Gasteiger partial charge in [-0.1, -0.05) is 6.07 Å². The van der Waals surface area contributed by atoms with Crippen molar-refractivity contribution >= 4 is 37.4 Å². The van der Waals surface area contributed by atoms with Crippen LogP contribution in [0.1, 0.15) is 45.5 Å². The number of halogens is 4. The summed E-state index contributed by atoms with van der Waals surface area (Å²) in [6, 6.07) is 9.76. The molecule has 176 valence electrons. The molecular formula is C23H15BrF3NO5S. The molecule has 2 aromatic carbocycles. The van der Waals surface area contributed by atoms with E-state index in [2.05, 4.69) is 26.2 Å². The van der Waals surface area contributed by atoms with Crippen LogP contribution in [0.2, 0.25) is 0 Å². The van der Waals surface area contributed by atoms with Crippen LogP contribution in [0.4, 0.5) is 13.2 Å². The fourth-order valence-electron chi connectivity index (χ4n) is 5.12. The number of benzene rings is 2. The average molecular weight is 554 g/mol. The van der Waals surface area contributed by atoms with E-state index in [1.54, 1.807) is 18.2 Å². The number of allylic oxidation sites excluding steroid dienone is 2. The topological polar surface area (TPSA) is 93.5 Å². The van der Waals surface area contributed by atoms with Crippen LogP contribution < -0.4 is 4.18 Å². The number of carbonyl (C=O) groups is 1. The second-order valence-electron chi connectivity index (χ2n) is 8.35. The first-order valence-electron chi connectivity index (χ1n) is 10.2. The number of Topliss-reactive ketones (excluding diaryl/α,β-unsaturated/α-hetero) is 1. The van der Waals surface area contributed by atoms with Crippen LogP contribution in [0.5, 0.6) is 5.75 Å². The van der Waals surface area contributed by atoms with Crippen molar-refractivity contribution in [3.8, 4) is 11.8 Å². The average Bonchev–Trinajstić information content (AvgIpc) is 3.18. The van der Waals surface area contributed by atoms with Crippen molar-refractivity contribution < 1.29 is 35.3 Å². The molecule has 0 saturated carbocycles. The zero-order valence-electron chi connectivity index (χ0n) is 17.3. The highest BCUT2D eigenvalue weighted by molar-refractivity contribution is 9.10. The summed E-state index contributed by atoms with van der Waals surface area (Å²) in [5.41, 5.74) is -2.31. The summed E-state index contributed by atoms with van der Waals surface area (Å²) in [4.78, 5) is 13.6. The lowest BCUT2D eigenvalue weighted by Crippen LogP contribution is -2.40. The van der Waals surface area contributed by atoms with E-state index in [1.807, 2.05) is 0 Å². The molecule has 11 heteroatoms. The van der Waals surface area contributed by atoms with Crippen molar-refractivity contribution in [2.45, 2.75) is 30.2 Å². The Kier molecular flexibility index (Phi) is 5.20. The number of nitriles is 1. The standard InChI is InChI=1S/C23H15BrF3NO5S/c24-18-9-15-16(10-19(18)33-34(30,31)23(25,26)27)22(3-5-32-6-4-22)17-8-13-7-12(11-28)1-2-14(13)20(17)21(15)29/h1-2,7,9-10H,3-6,8H2. The SMILES string of the molecule is N#Cc1ccc2c(c1)CC1=C2C(=O)c2cc(Br)c(OS(=O)(=O)C(F)(F)F)cc2C12CCOCC2. The summed E-state index contributed by atoms with van der Waals surface area (Å²) in [6.07, 6.45) is 1.31. The first-order valence-corrected chi connectivity index (χ1v) is 12.4. The number of rotatable bonds is 2. The molecule has 0 radical (unpaired) electrons. The van der Waals surface area contributed by atoms with Gasteiger partial charge in [-0.25, -0.2) is 0 Å². The van der Waals surface area contributed by atoms with E-state index in [0.29, 0.717) is 49.2 Å². The fraction of sp³-hybridized carbons (Fsp3) is 0.304. The minimum atomic E-state index is -5.91. The highest BCUT2D eigenvalue weighted by Crippen LogP contribution is 2.55. The smallest absolute Gasteiger partial charge is 0.381 e. The highest BCUT2D eigenvalue weighted by atomic mass is 79.9. The van der Waals surface area contributed by atoms with E-state index in [0.717, 1.165) is 16.7 Å². The third-order valence-electron chi connectivity index (χ3n) is 6.64. The van der Waals surface area contributed by atoms with Crippen molar-refractivity contribution in [1.29, 1.82) is 5.26 Å². The van der Waals surface area contributed by atoms with Gasteiger partial charge < -0.3 is 8.92 Å². The summed E-state index contributed by atoms with van der Waals surface area (Å²) in [5, 5.41) is 9.28. The van der Waals surface area contributed by atoms with Gasteiger partial charge in [-0.2, -0.15) is 26.9 Å². The van der Waals surface area contributed by atoms with Gasteiger partial charge in [0, 0.05) is 29.8 Å². The van der Waals surface area contributed by atoms with Crippen LogP contribution in [-0.4, -0.2) is 32.9 Å². The Labute approximate surface area is 201 Å². The number of hydrogen-bond donors (Lipinski definition) is 0. The number of alkyl halides is 3. The largest absolute Gasteiger partial charge is 0.534 e. The minimum absolute atomic E-state index is 0.0864. The van der Waals surface area contributed by atoms with E-state index in [9.17, 15) is 31.6 Å². The first kappa shape index (κ1) is 23.1. The zero-order chi connectivity index (χ0) is 24.5. The van der Waals surface area contributed by atoms with Crippen LogP contribution in [0.25, 0.3) is 5.57 Å². The molecular weight excluding hydrogens is 539 g/mol. The molecule has 0 aromatic heterocycles. The Morgan fingerprint density at radius 2 is 1.82 bits per heavy atom. The van der Waals surface area contributed by atoms with Gasteiger partial charge in [0.25, 0.3) is 0 Å². The van der Waals surface area contributed by atoms with Gasteiger partial charge in [-0.3, -0.25) is 4.79 Å². The van der Waals surface area contributed by atoms with Gasteiger partial charge in [-0.05, 0) is 81.7 Å². The second kappa shape index (κ2) is 7.66. The van der Waals surface area contributed by atoms with Gasteiger partial charge >= 0.3 is 15.6 Å². The molecule has 2 aromatic rings. The highest BCUT2D eigenvalue weighted by Gasteiger charge is 2.51. The molecule has 6 nitrogen and oxygen atoms in total. The molecule has 5 rings (SSSR count). The van der Waals surface area contributed by atoms with Crippen LogP contribution >= 0.6 is 15.9 Å². The third-order valence-corrected chi connectivity index (χ3v) is 8.22. The van der Waals surface area contributed by atoms with Crippen LogP contribution in [-0.2, 0) is 26.7 Å². The summed E-state index contributed by atoms with van der Waals surface area (Å²) in [5.74, 6) is -0.849. The summed E-state index contributed by atoms with van der Waals surface area (Å²) in [6.45, 7) is 0.717. The maximum absolute atomic E-state index is 13.6. The molecule has 0 amide bonds. The summed E-state index contributed by atoms with van der Waals surface area (Å²) in [7, 11) is -5.91. The predicted molar refractivity (Wildman–Crippen MR) is 118 cm³/mol. The lowest BCUT2D eigenvalue weighted by molar-refractivity contribution is -0.0500. The number of fused-ring (bicyclic) bond motifs is 5. The first-order chi connectivity index (χ1) is 16.0. The van der Waals surface area contributed by atoms with Gasteiger partial charge in [0.1, 0.15) is 0 Å². The minimum Gasteiger partial charge on any atom is -0.381 e. The number of ketones is 1. The van der Waals surface area contributed by atoms with Crippen molar-refractivity contribution in [3.63, 3.8) is 0 Å². The van der Waals surface area contributed by atoms with E-state index in [1.165, 1.54) is 12.1 Å². The lowest BCUT2D eigenvalue weighted by Gasteiger charge is -2.43. The molecule has 3 aliphatic rings. The van der Waals surface area contributed by atoms with E-state index in [-0.39, 0.29) is 15.8 Å². The van der Waals surface area contributed by atoms with E-state index in [4.69, 9.17) is 4.74 Å². The normalized spacial score (nSPS) is 18.9. The third kappa shape index (κ3) is 3.31.